The van der Waals surface area contributed by atoms with E-state index in [4.69, 9.17) is 5.73 Å². The van der Waals surface area contributed by atoms with Gasteiger partial charge in [0.25, 0.3) is 0 Å². The first kappa shape index (κ1) is 13.9. The summed E-state index contributed by atoms with van der Waals surface area (Å²) >= 11 is 3.47. The maximum Gasteiger partial charge on any atom is 0.193 e. The standard InChI is InChI=1S/C15H18BrN3/c1-15(2,3)19-14(17)18-13-7-5-10-8-12(16)6-4-11(10)9-13/h4-9H,1-3H3,(H3,17,18,19). The fourth-order valence-electron chi connectivity index (χ4n) is 1.83. The normalized spacial score (nSPS) is 12.7. The van der Waals surface area contributed by atoms with Crippen molar-refractivity contribution in [1.82, 2.24) is 0 Å². The van der Waals surface area contributed by atoms with E-state index in [1.54, 1.807) is 0 Å². The van der Waals surface area contributed by atoms with Gasteiger partial charge in [0.05, 0.1) is 5.54 Å². The van der Waals surface area contributed by atoms with Gasteiger partial charge in [0.15, 0.2) is 5.96 Å². The molecular formula is C15H18BrN3. The molecule has 0 fully saturated rings. The summed E-state index contributed by atoms with van der Waals surface area (Å²) in [7, 11) is 0. The zero-order valence-corrected chi connectivity index (χ0v) is 13.0. The fraction of sp³-hybridized carbons (Fsp3) is 0.267. The predicted molar refractivity (Wildman–Crippen MR) is 86.6 cm³/mol. The monoisotopic (exact) mass is 319 g/mol. The molecule has 0 spiro atoms. The number of rotatable bonds is 1. The molecule has 0 bridgehead atoms. The average Bonchev–Trinajstić information content (AvgIpc) is 2.26. The van der Waals surface area contributed by atoms with Gasteiger partial charge >= 0.3 is 0 Å². The Morgan fingerprint density at radius 3 is 2.42 bits per heavy atom. The predicted octanol–water partition coefficient (Wildman–Crippen LogP) is 4.13. The molecule has 0 aliphatic rings. The average molecular weight is 320 g/mol. The Morgan fingerprint density at radius 2 is 1.74 bits per heavy atom. The zero-order chi connectivity index (χ0) is 14.0. The highest BCUT2D eigenvalue weighted by Gasteiger charge is 2.08. The first-order chi connectivity index (χ1) is 8.83. The molecular weight excluding hydrogens is 302 g/mol. The molecule has 100 valence electrons. The molecule has 0 aromatic heterocycles. The summed E-state index contributed by atoms with van der Waals surface area (Å²) in [5.74, 6) is 0.434. The molecule has 0 saturated carbocycles. The number of halogens is 1. The molecule has 0 amide bonds. The Balaban J connectivity index is 2.27. The molecule has 3 N–H and O–H groups in total. The van der Waals surface area contributed by atoms with Crippen LogP contribution >= 0.6 is 15.9 Å². The van der Waals surface area contributed by atoms with E-state index in [1.165, 1.54) is 5.39 Å². The van der Waals surface area contributed by atoms with E-state index in [-0.39, 0.29) is 5.54 Å². The van der Waals surface area contributed by atoms with Crippen LogP contribution in [0.5, 0.6) is 0 Å². The second-order valence-electron chi connectivity index (χ2n) is 5.50. The van der Waals surface area contributed by atoms with E-state index in [2.05, 4.69) is 50.5 Å². The van der Waals surface area contributed by atoms with Crippen molar-refractivity contribution in [3.63, 3.8) is 0 Å². The SMILES string of the molecule is CC(C)(C)N=C(N)Nc1ccc2cc(Br)ccc2c1. The largest absolute Gasteiger partial charge is 0.370 e. The van der Waals surface area contributed by atoms with Gasteiger partial charge in [-0.25, -0.2) is 4.99 Å². The summed E-state index contributed by atoms with van der Waals surface area (Å²) in [5, 5.41) is 5.47. The summed E-state index contributed by atoms with van der Waals surface area (Å²) < 4.78 is 1.08. The first-order valence-electron chi connectivity index (χ1n) is 6.15. The minimum absolute atomic E-state index is 0.182. The third-order valence-corrected chi connectivity index (χ3v) is 3.02. The molecule has 2 aromatic carbocycles. The van der Waals surface area contributed by atoms with Crippen molar-refractivity contribution < 1.29 is 0 Å². The molecule has 4 heteroatoms. The fourth-order valence-corrected chi connectivity index (χ4v) is 2.21. The van der Waals surface area contributed by atoms with Crippen LogP contribution in [-0.2, 0) is 0 Å². The van der Waals surface area contributed by atoms with Gasteiger partial charge in [0.1, 0.15) is 0 Å². The lowest BCUT2D eigenvalue weighted by Crippen LogP contribution is -2.27. The van der Waals surface area contributed by atoms with E-state index < -0.39 is 0 Å². The van der Waals surface area contributed by atoms with Crippen molar-refractivity contribution >= 4 is 38.3 Å². The van der Waals surface area contributed by atoms with Gasteiger partial charge < -0.3 is 11.1 Å². The molecule has 0 atom stereocenters. The lowest BCUT2D eigenvalue weighted by Gasteiger charge is -2.14. The number of nitrogens with zero attached hydrogens (tertiary/aromatic N) is 1. The highest BCUT2D eigenvalue weighted by atomic mass is 79.9. The van der Waals surface area contributed by atoms with Crippen LogP contribution in [-0.4, -0.2) is 11.5 Å². The van der Waals surface area contributed by atoms with Gasteiger partial charge in [-0.05, 0) is 55.8 Å². The summed E-state index contributed by atoms with van der Waals surface area (Å²) in [6.07, 6.45) is 0. The summed E-state index contributed by atoms with van der Waals surface area (Å²) in [4.78, 5) is 4.37. The van der Waals surface area contributed by atoms with Crippen LogP contribution in [0.4, 0.5) is 5.69 Å². The number of fused-ring (bicyclic) bond motifs is 1. The van der Waals surface area contributed by atoms with E-state index in [0.717, 1.165) is 15.5 Å². The number of hydrogen-bond donors (Lipinski definition) is 2. The number of guanidine groups is 1. The van der Waals surface area contributed by atoms with Gasteiger partial charge in [0.2, 0.25) is 0 Å². The lowest BCUT2D eigenvalue weighted by molar-refractivity contribution is 0.583. The van der Waals surface area contributed by atoms with Crippen molar-refractivity contribution in [1.29, 1.82) is 0 Å². The quantitative estimate of drug-likeness (QED) is 0.613. The second kappa shape index (κ2) is 5.21. The summed E-state index contributed by atoms with van der Waals surface area (Å²) in [6, 6.07) is 12.3. The Labute approximate surface area is 122 Å². The van der Waals surface area contributed by atoms with Crippen molar-refractivity contribution in [2.75, 3.05) is 5.32 Å². The molecule has 0 heterocycles. The van der Waals surface area contributed by atoms with E-state index in [1.807, 2.05) is 32.9 Å². The van der Waals surface area contributed by atoms with E-state index in [0.29, 0.717) is 5.96 Å². The van der Waals surface area contributed by atoms with Crippen LogP contribution in [0.2, 0.25) is 0 Å². The van der Waals surface area contributed by atoms with Crippen molar-refractivity contribution in [3.05, 3.63) is 40.9 Å². The van der Waals surface area contributed by atoms with Gasteiger partial charge in [0, 0.05) is 10.2 Å². The number of nitrogens with one attached hydrogen (secondary N) is 1. The van der Waals surface area contributed by atoms with E-state index in [9.17, 15) is 0 Å². The van der Waals surface area contributed by atoms with Crippen LogP contribution in [0.1, 0.15) is 20.8 Å². The topological polar surface area (TPSA) is 50.4 Å². The molecule has 0 aliphatic carbocycles. The Kier molecular flexibility index (Phi) is 3.80. The maximum absolute atomic E-state index is 5.89. The molecule has 19 heavy (non-hydrogen) atoms. The smallest absolute Gasteiger partial charge is 0.193 e. The van der Waals surface area contributed by atoms with Crippen LogP contribution in [0.25, 0.3) is 10.8 Å². The summed E-state index contributed by atoms with van der Waals surface area (Å²) in [5.41, 5.74) is 6.65. The van der Waals surface area contributed by atoms with Crippen LogP contribution in [0, 0.1) is 0 Å². The van der Waals surface area contributed by atoms with Gasteiger partial charge in [-0.3, -0.25) is 0 Å². The van der Waals surface area contributed by atoms with Gasteiger partial charge in [-0.15, -0.1) is 0 Å². The Morgan fingerprint density at radius 1 is 1.11 bits per heavy atom. The van der Waals surface area contributed by atoms with Crippen LogP contribution < -0.4 is 11.1 Å². The van der Waals surface area contributed by atoms with E-state index >= 15 is 0 Å². The van der Waals surface area contributed by atoms with Crippen LogP contribution in [0.15, 0.2) is 45.9 Å². The highest BCUT2D eigenvalue weighted by molar-refractivity contribution is 9.10. The lowest BCUT2D eigenvalue weighted by atomic mass is 10.1. The number of anilines is 1. The van der Waals surface area contributed by atoms with Crippen molar-refractivity contribution in [2.45, 2.75) is 26.3 Å². The minimum atomic E-state index is -0.182. The molecule has 0 aliphatic heterocycles. The number of benzene rings is 2. The third kappa shape index (κ3) is 3.96. The second-order valence-corrected chi connectivity index (χ2v) is 6.41. The Hall–Kier alpha value is -1.55. The third-order valence-electron chi connectivity index (χ3n) is 2.53. The molecule has 0 unspecified atom stereocenters. The molecule has 2 rings (SSSR count). The highest BCUT2D eigenvalue weighted by Crippen LogP contribution is 2.23. The van der Waals surface area contributed by atoms with Gasteiger partial charge in [-0.2, -0.15) is 0 Å². The number of nitrogens with two attached hydrogens (primary N) is 1. The maximum atomic E-state index is 5.89. The molecule has 3 nitrogen and oxygen atoms in total. The van der Waals surface area contributed by atoms with Crippen molar-refractivity contribution in [3.8, 4) is 0 Å². The number of aliphatic imine (C=N–C) groups is 1. The molecule has 0 saturated heterocycles. The zero-order valence-electron chi connectivity index (χ0n) is 11.4. The Bertz CT molecular complexity index is 627. The van der Waals surface area contributed by atoms with Gasteiger partial charge in [-0.1, -0.05) is 28.1 Å². The summed E-state index contributed by atoms with van der Waals surface area (Å²) in [6.45, 7) is 6.04. The molecule has 2 aromatic rings. The van der Waals surface area contributed by atoms with Crippen LogP contribution in [0.3, 0.4) is 0 Å². The first-order valence-corrected chi connectivity index (χ1v) is 6.94. The van der Waals surface area contributed by atoms with Crippen molar-refractivity contribution in [2.24, 2.45) is 10.7 Å². The number of hydrogen-bond acceptors (Lipinski definition) is 1. The molecule has 0 radical (unpaired) electrons. The minimum Gasteiger partial charge on any atom is -0.370 e.